The largest absolute Gasteiger partial charge is 0.497 e. The smallest absolute Gasteiger partial charge is 0.250 e. The lowest BCUT2D eigenvalue weighted by Gasteiger charge is -2.13. The standard InChI is InChI=1S/C27H27N5O5S/c1-34-21-13-11-20(12-14-21)32-26(18-8-6-5-7-9-18)30-31-27(32)38-17-23(33)29-28-16-19-10-15-22(35-2)25(37-4)24(19)36-3/h5-16H,17H2,1-4H3,(H,29,33)/b28-16-. The Morgan fingerprint density at radius 1 is 0.895 bits per heavy atom. The van der Waals surface area contributed by atoms with Crippen LogP contribution < -0.4 is 24.4 Å². The summed E-state index contributed by atoms with van der Waals surface area (Å²) in [4.78, 5) is 12.6. The molecule has 0 saturated carbocycles. The molecule has 11 heteroatoms. The summed E-state index contributed by atoms with van der Waals surface area (Å²) in [5.41, 5.74) is 4.90. The van der Waals surface area contributed by atoms with E-state index in [9.17, 15) is 4.79 Å². The van der Waals surface area contributed by atoms with Crippen molar-refractivity contribution >= 4 is 23.9 Å². The molecule has 0 spiro atoms. The molecule has 0 aliphatic rings. The molecule has 0 aliphatic heterocycles. The Bertz CT molecular complexity index is 1410. The van der Waals surface area contributed by atoms with Gasteiger partial charge in [-0.15, -0.1) is 10.2 Å². The zero-order chi connectivity index (χ0) is 26.9. The summed E-state index contributed by atoms with van der Waals surface area (Å²) >= 11 is 1.25. The molecular weight excluding hydrogens is 506 g/mol. The zero-order valence-electron chi connectivity index (χ0n) is 21.4. The number of aromatic nitrogens is 3. The van der Waals surface area contributed by atoms with Crippen LogP contribution in [0.25, 0.3) is 17.1 Å². The predicted octanol–water partition coefficient (Wildman–Crippen LogP) is 4.21. The van der Waals surface area contributed by atoms with Gasteiger partial charge in [0.05, 0.1) is 40.4 Å². The summed E-state index contributed by atoms with van der Waals surface area (Å²) in [6.07, 6.45) is 1.48. The van der Waals surface area contributed by atoms with E-state index in [1.54, 1.807) is 26.4 Å². The van der Waals surface area contributed by atoms with Crippen LogP contribution in [0, 0.1) is 0 Å². The van der Waals surface area contributed by atoms with E-state index in [-0.39, 0.29) is 11.7 Å². The molecule has 0 fully saturated rings. The molecule has 38 heavy (non-hydrogen) atoms. The van der Waals surface area contributed by atoms with Crippen molar-refractivity contribution in [2.24, 2.45) is 5.10 Å². The fraction of sp³-hybridized carbons (Fsp3) is 0.185. The van der Waals surface area contributed by atoms with Gasteiger partial charge in [0.15, 0.2) is 22.5 Å². The summed E-state index contributed by atoms with van der Waals surface area (Å²) in [6, 6.07) is 20.8. The normalized spacial score (nSPS) is 10.8. The Balaban J connectivity index is 1.50. The fourth-order valence-corrected chi connectivity index (χ4v) is 4.41. The molecule has 0 unspecified atom stereocenters. The van der Waals surface area contributed by atoms with Crippen molar-refractivity contribution in [2.45, 2.75) is 5.16 Å². The summed E-state index contributed by atoms with van der Waals surface area (Å²) < 4.78 is 23.3. The number of rotatable bonds is 11. The van der Waals surface area contributed by atoms with Gasteiger partial charge in [0.2, 0.25) is 5.75 Å². The highest BCUT2D eigenvalue weighted by Crippen LogP contribution is 2.39. The number of nitrogens with one attached hydrogen (secondary N) is 1. The van der Waals surface area contributed by atoms with Crippen molar-refractivity contribution in [2.75, 3.05) is 34.2 Å². The number of carbonyl (C=O) groups is 1. The minimum atomic E-state index is -0.309. The highest BCUT2D eigenvalue weighted by Gasteiger charge is 2.18. The first kappa shape index (κ1) is 26.6. The molecular formula is C27H27N5O5S. The van der Waals surface area contributed by atoms with E-state index in [2.05, 4.69) is 20.7 Å². The van der Waals surface area contributed by atoms with Crippen LogP contribution in [-0.2, 0) is 4.79 Å². The van der Waals surface area contributed by atoms with Gasteiger partial charge in [0, 0.05) is 16.8 Å². The third-order valence-electron chi connectivity index (χ3n) is 5.46. The van der Waals surface area contributed by atoms with E-state index >= 15 is 0 Å². The SMILES string of the molecule is COc1ccc(-n2c(SCC(=O)N/N=C\c3ccc(OC)c(OC)c3OC)nnc2-c2ccccc2)cc1. The molecule has 4 rings (SSSR count). The number of carbonyl (C=O) groups excluding carboxylic acids is 1. The van der Waals surface area contributed by atoms with Crippen molar-refractivity contribution in [1.29, 1.82) is 0 Å². The topological polar surface area (TPSA) is 109 Å². The van der Waals surface area contributed by atoms with E-state index in [0.29, 0.717) is 33.8 Å². The Hall–Kier alpha value is -4.51. The van der Waals surface area contributed by atoms with Crippen LogP contribution in [0.3, 0.4) is 0 Å². The van der Waals surface area contributed by atoms with E-state index in [1.807, 2.05) is 59.2 Å². The van der Waals surface area contributed by atoms with Gasteiger partial charge < -0.3 is 18.9 Å². The number of nitrogens with zero attached hydrogens (tertiary/aromatic N) is 4. The highest BCUT2D eigenvalue weighted by molar-refractivity contribution is 7.99. The lowest BCUT2D eigenvalue weighted by Crippen LogP contribution is -2.20. The second-order valence-corrected chi connectivity index (χ2v) is 8.65. The Morgan fingerprint density at radius 2 is 1.63 bits per heavy atom. The van der Waals surface area contributed by atoms with Gasteiger partial charge in [-0.05, 0) is 36.4 Å². The molecule has 3 aromatic carbocycles. The summed E-state index contributed by atoms with van der Waals surface area (Å²) in [5.74, 6) is 2.57. The third kappa shape index (κ3) is 5.89. The maximum absolute atomic E-state index is 12.6. The van der Waals surface area contributed by atoms with Gasteiger partial charge in [-0.3, -0.25) is 9.36 Å². The second kappa shape index (κ2) is 12.6. The average molecular weight is 534 g/mol. The summed E-state index contributed by atoms with van der Waals surface area (Å²) in [7, 11) is 6.20. The first-order valence-corrected chi connectivity index (χ1v) is 12.5. The van der Waals surface area contributed by atoms with Crippen molar-refractivity contribution in [3.63, 3.8) is 0 Å². The number of thioether (sulfide) groups is 1. The summed E-state index contributed by atoms with van der Waals surface area (Å²) in [6.45, 7) is 0. The van der Waals surface area contributed by atoms with Crippen LogP contribution in [-0.4, -0.2) is 61.1 Å². The van der Waals surface area contributed by atoms with Crippen molar-refractivity contribution in [3.05, 3.63) is 72.3 Å². The minimum absolute atomic E-state index is 0.0729. The van der Waals surface area contributed by atoms with Gasteiger partial charge in [-0.1, -0.05) is 42.1 Å². The van der Waals surface area contributed by atoms with Gasteiger partial charge in [-0.2, -0.15) is 5.10 Å². The number of hydrazone groups is 1. The number of hydrogen-bond acceptors (Lipinski definition) is 9. The summed E-state index contributed by atoms with van der Waals surface area (Å²) in [5, 5.41) is 13.4. The van der Waals surface area contributed by atoms with E-state index in [1.165, 1.54) is 32.2 Å². The van der Waals surface area contributed by atoms with Gasteiger partial charge in [0.25, 0.3) is 5.91 Å². The van der Waals surface area contributed by atoms with Gasteiger partial charge >= 0.3 is 0 Å². The van der Waals surface area contributed by atoms with Crippen LogP contribution in [0.15, 0.2) is 77.0 Å². The average Bonchev–Trinajstić information content (AvgIpc) is 3.40. The fourth-order valence-electron chi connectivity index (χ4n) is 3.66. The molecule has 1 aromatic heterocycles. The quantitative estimate of drug-likeness (QED) is 0.174. The monoisotopic (exact) mass is 533 g/mol. The van der Waals surface area contributed by atoms with Crippen LogP contribution in [0.5, 0.6) is 23.0 Å². The third-order valence-corrected chi connectivity index (χ3v) is 6.38. The first-order chi connectivity index (χ1) is 18.6. The van der Waals surface area contributed by atoms with E-state index < -0.39 is 0 Å². The van der Waals surface area contributed by atoms with Crippen LogP contribution in [0.1, 0.15) is 5.56 Å². The molecule has 0 radical (unpaired) electrons. The van der Waals surface area contributed by atoms with Crippen LogP contribution in [0.2, 0.25) is 0 Å². The second-order valence-electron chi connectivity index (χ2n) is 7.71. The molecule has 0 aliphatic carbocycles. The molecule has 0 bridgehead atoms. The van der Waals surface area contributed by atoms with Gasteiger partial charge in [0.1, 0.15) is 5.75 Å². The van der Waals surface area contributed by atoms with Crippen molar-refractivity contribution < 1.29 is 23.7 Å². The lowest BCUT2D eigenvalue weighted by molar-refractivity contribution is -0.118. The number of methoxy groups -OCH3 is 4. The number of hydrogen-bond donors (Lipinski definition) is 1. The van der Waals surface area contributed by atoms with Crippen LogP contribution >= 0.6 is 11.8 Å². The Labute approximate surface area is 224 Å². The number of benzene rings is 3. The minimum Gasteiger partial charge on any atom is -0.497 e. The molecule has 1 N–H and O–H groups in total. The molecule has 196 valence electrons. The van der Waals surface area contributed by atoms with Gasteiger partial charge in [-0.25, -0.2) is 5.43 Å². The molecule has 0 atom stereocenters. The zero-order valence-corrected chi connectivity index (χ0v) is 22.2. The van der Waals surface area contributed by atoms with Crippen LogP contribution in [0.4, 0.5) is 0 Å². The molecule has 4 aromatic rings. The van der Waals surface area contributed by atoms with Crippen molar-refractivity contribution in [3.8, 4) is 40.1 Å². The Kier molecular flexibility index (Phi) is 8.83. The highest BCUT2D eigenvalue weighted by atomic mass is 32.2. The first-order valence-electron chi connectivity index (χ1n) is 11.5. The predicted molar refractivity (Wildman–Crippen MR) is 146 cm³/mol. The maximum Gasteiger partial charge on any atom is 0.250 e. The Morgan fingerprint density at radius 3 is 2.29 bits per heavy atom. The number of ether oxygens (including phenoxy) is 4. The maximum atomic E-state index is 12.6. The lowest BCUT2D eigenvalue weighted by atomic mass is 10.2. The molecule has 10 nitrogen and oxygen atoms in total. The molecule has 0 saturated heterocycles. The number of amides is 1. The van der Waals surface area contributed by atoms with E-state index in [4.69, 9.17) is 18.9 Å². The molecule has 1 amide bonds. The van der Waals surface area contributed by atoms with E-state index in [0.717, 1.165) is 17.0 Å². The molecule has 1 heterocycles. The van der Waals surface area contributed by atoms with Crippen molar-refractivity contribution in [1.82, 2.24) is 20.2 Å².